The first-order chi connectivity index (χ1) is 20.3. The summed E-state index contributed by atoms with van der Waals surface area (Å²) in [6, 6.07) is 6.68. The van der Waals surface area contributed by atoms with Crippen molar-refractivity contribution in [3.05, 3.63) is 52.6 Å². The number of aliphatic hydroxyl groups excluding tert-OH is 1. The minimum Gasteiger partial charge on any atom is -0.443 e. The van der Waals surface area contributed by atoms with Crippen LogP contribution in [0.2, 0.25) is 0 Å². The summed E-state index contributed by atoms with van der Waals surface area (Å²) in [5, 5.41) is 20.5. The topological polar surface area (TPSA) is 139 Å². The first-order valence-electron chi connectivity index (χ1n) is 14.8. The van der Waals surface area contributed by atoms with Gasteiger partial charge in [0.1, 0.15) is 17.1 Å². The van der Waals surface area contributed by atoms with Crippen LogP contribution >= 0.6 is 0 Å². The van der Waals surface area contributed by atoms with Crippen LogP contribution in [0.5, 0.6) is 0 Å². The normalized spacial score (nSPS) is 23.8. The summed E-state index contributed by atoms with van der Waals surface area (Å²) >= 11 is 0. The number of carbonyl (C=O) groups is 2. The number of hydrogen-bond donors (Lipinski definition) is 3. The van der Waals surface area contributed by atoms with E-state index in [-0.39, 0.29) is 34.7 Å². The van der Waals surface area contributed by atoms with Crippen LogP contribution in [-0.4, -0.2) is 68.8 Å². The van der Waals surface area contributed by atoms with Gasteiger partial charge in [-0.25, -0.2) is 9.31 Å². The second kappa shape index (κ2) is 11.6. The van der Waals surface area contributed by atoms with Gasteiger partial charge in [0.05, 0.1) is 35.0 Å². The molecule has 3 aromatic rings. The quantitative estimate of drug-likeness (QED) is 0.366. The molecule has 232 valence electrons. The Kier molecular flexibility index (Phi) is 8.28. The fraction of sp³-hybridized carbons (Fsp3) is 0.548. The molecule has 0 radical (unpaired) electrons. The van der Waals surface area contributed by atoms with E-state index in [9.17, 15) is 19.5 Å². The highest BCUT2D eigenvalue weighted by molar-refractivity contribution is 6.02. The van der Waals surface area contributed by atoms with Crippen molar-refractivity contribution in [3.63, 3.8) is 0 Å². The van der Waals surface area contributed by atoms with Crippen LogP contribution in [0, 0.1) is 0 Å². The molecule has 0 aliphatic heterocycles. The number of rotatable bonds is 7. The van der Waals surface area contributed by atoms with E-state index in [1.807, 2.05) is 12.3 Å². The maximum Gasteiger partial charge on any atom is 0.415 e. The summed E-state index contributed by atoms with van der Waals surface area (Å²) in [6.45, 7) is 7.44. The predicted molar refractivity (Wildman–Crippen MR) is 163 cm³/mol. The van der Waals surface area contributed by atoms with Crippen LogP contribution in [0.1, 0.15) is 82.6 Å². The molecule has 0 bridgehead atoms. The lowest BCUT2D eigenvalue weighted by molar-refractivity contribution is -0.0324. The molecule has 0 aromatic carbocycles. The molecule has 2 aliphatic rings. The smallest absolute Gasteiger partial charge is 0.415 e. The van der Waals surface area contributed by atoms with E-state index in [0.29, 0.717) is 35.6 Å². The fourth-order valence-electron chi connectivity index (χ4n) is 5.62. The molecule has 3 heterocycles. The Morgan fingerprint density at radius 1 is 1.16 bits per heavy atom. The zero-order chi connectivity index (χ0) is 31.1. The van der Waals surface area contributed by atoms with Gasteiger partial charge in [-0.3, -0.25) is 14.5 Å². The van der Waals surface area contributed by atoms with Gasteiger partial charge >= 0.3 is 6.09 Å². The Labute approximate surface area is 251 Å². The number of methoxy groups -OCH3 is 1. The van der Waals surface area contributed by atoms with Gasteiger partial charge in [0.25, 0.3) is 11.5 Å². The third-order valence-electron chi connectivity index (χ3n) is 8.56. The lowest BCUT2D eigenvalue weighted by Gasteiger charge is -2.36. The Balaban J connectivity index is 1.50. The second-order valence-corrected chi connectivity index (χ2v) is 12.9. The zero-order valence-electron chi connectivity index (χ0n) is 25.7. The third-order valence-corrected chi connectivity index (χ3v) is 8.56. The first-order valence-corrected chi connectivity index (χ1v) is 14.8. The predicted octanol–water partition coefficient (Wildman–Crippen LogP) is 4.38. The van der Waals surface area contributed by atoms with E-state index in [1.165, 1.54) is 15.6 Å². The number of fused-ring (bicyclic) bond motifs is 1. The van der Waals surface area contributed by atoms with E-state index in [2.05, 4.69) is 22.7 Å². The number of anilines is 3. The molecule has 2 atom stereocenters. The van der Waals surface area contributed by atoms with Gasteiger partial charge in [0.15, 0.2) is 0 Å². The van der Waals surface area contributed by atoms with Crippen LogP contribution in [0.25, 0.3) is 5.52 Å². The van der Waals surface area contributed by atoms with Gasteiger partial charge in [-0.2, -0.15) is 5.10 Å². The number of carbonyl (C=O) groups excluding carboxylic acids is 2. The molecule has 2 amide bonds. The Morgan fingerprint density at radius 2 is 1.88 bits per heavy atom. The average Bonchev–Trinajstić information content (AvgIpc) is 3.39. The minimum absolute atomic E-state index is 0.0563. The van der Waals surface area contributed by atoms with Crippen LogP contribution in [0.4, 0.5) is 22.0 Å². The second-order valence-electron chi connectivity index (χ2n) is 12.9. The van der Waals surface area contributed by atoms with Crippen molar-refractivity contribution in [1.29, 1.82) is 0 Å². The molecule has 12 nitrogen and oxygen atoms in total. The number of ether oxygens (including phenoxy) is 2. The van der Waals surface area contributed by atoms with Crippen molar-refractivity contribution in [2.75, 3.05) is 24.4 Å². The van der Waals surface area contributed by atoms with Gasteiger partial charge in [-0.1, -0.05) is 0 Å². The van der Waals surface area contributed by atoms with Crippen LogP contribution < -0.4 is 21.1 Å². The molecular weight excluding hydrogens is 552 g/mol. The maximum absolute atomic E-state index is 13.6. The molecule has 43 heavy (non-hydrogen) atoms. The molecule has 2 aliphatic carbocycles. The molecule has 0 saturated heterocycles. The summed E-state index contributed by atoms with van der Waals surface area (Å²) in [5.41, 5.74) is 0.477. The highest BCUT2D eigenvalue weighted by Crippen LogP contribution is 2.36. The van der Waals surface area contributed by atoms with Crippen LogP contribution in [0.3, 0.4) is 0 Å². The van der Waals surface area contributed by atoms with E-state index in [4.69, 9.17) is 9.47 Å². The molecule has 3 aromatic heterocycles. The van der Waals surface area contributed by atoms with Crippen molar-refractivity contribution in [2.45, 2.75) is 95.6 Å². The summed E-state index contributed by atoms with van der Waals surface area (Å²) in [5.74, 6) is -0.0523. The number of aliphatic hydroxyl groups is 1. The summed E-state index contributed by atoms with van der Waals surface area (Å²) in [7, 11) is 3.29. The van der Waals surface area contributed by atoms with Crippen molar-refractivity contribution in [3.8, 4) is 0 Å². The minimum atomic E-state index is -0.728. The lowest BCUT2D eigenvalue weighted by Crippen LogP contribution is -2.50. The van der Waals surface area contributed by atoms with Crippen molar-refractivity contribution in [2.24, 2.45) is 0 Å². The molecule has 3 N–H and O–H groups in total. The largest absolute Gasteiger partial charge is 0.443 e. The first kappa shape index (κ1) is 30.6. The van der Waals surface area contributed by atoms with E-state index in [0.717, 1.165) is 25.7 Å². The molecule has 5 rings (SSSR count). The average molecular weight is 595 g/mol. The van der Waals surface area contributed by atoms with E-state index >= 15 is 0 Å². The molecule has 0 spiro atoms. The van der Waals surface area contributed by atoms with E-state index in [1.54, 1.807) is 57.7 Å². The molecular formula is C31H42N6O6. The number of hydrogen-bond acceptors (Lipinski definition) is 8. The Morgan fingerprint density at radius 3 is 2.49 bits per heavy atom. The van der Waals surface area contributed by atoms with E-state index < -0.39 is 17.8 Å². The van der Waals surface area contributed by atoms with Gasteiger partial charge in [0, 0.05) is 38.1 Å². The summed E-state index contributed by atoms with van der Waals surface area (Å²) < 4.78 is 14.5. The van der Waals surface area contributed by atoms with Crippen LogP contribution in [-0.2, 0) is 9.47 Å². The standard InChI is InChI=1S/C31H42N6O6/c1-30(2,3)43-29(41)35(5)26-17-19(16-24-21(18-32-37(24)26)27(39)34-22-9-10-25(22)38)33-23-8-7-15-36(28(23)40)20-11-13-31(4,42-6)14-12-20/h7-8,15-18,20,22,25,33,38H,9-14H2,1-6H3,(H,34,39)/t20-,22?,25?,31-. The highest BCUT2D eigenvalue weighted by atomic mass is 16.6. The van der Waals surface area contributed by atoms with Crippen LogP contribution in [0.15, 0.2) is 41.5 Å². The molecule has 12 heteroatoms. The maximum atomic E-state index is 13.6. The van der Waals surface area contributed by atoms with Gasteiger partial charge in [0.2, 0.25) is 0 Å². The number of nitrogens with zero attached hydrogens (tertiary/aromatic N) is 4. The molecule has 2 saturated carbocycles. The number of aromatic nitrogens is 3. The fourth-order valence-corrected chi connectivity index (χ4v) is 5.62. The molecule has 2 fully saturated rings. The lowest BCUT2D eigenvalue weighted by atomic mass is 9.83. The van der Waals surface area contributed by atoms with Crippen molar-refractivity contribution in [1.82, 2.24) is 19.5 Å². The molecule has 2 unspecified atom stereocenters. The summed E-state index contributed by atoms with van der Waals surface area (Å²) in [6.07, 6.45) is 6.76. The van der Waals surface area contributed by atoms with Crippen molar-refractivity contribution >= 4 is 34.7 Å². The Bertz CT molecular complexity index is 1560. The summed E-state index contributed by atoms with van der Waals surface area (Å²) in [4.78, 5) is 41.2. The zero-order valence-corrected chi connectivity index (χ0v) is 25.7. The monoisotopic (exact) mass is 594 g/mol. The highest BCUT2D eigenvalue weighted by Gasteiger charge is 2.33. The van der Waals surface area contributed by atoms with Gasteiger partial charge in [-0.05, 0) is 84.4 Å². The number of amides is 2. The number of pyridine rings is 2. The van der Waals surface area contributed by atoms with Gasteiger partial charge < -0.3 is 29.8 Å². The van der Waals surface area contributed by atoms with Gasteiger partial charge in [-0.15, -0.1) is 0 Å². The Hall–Kier alpha value is -3.90. The third kappa shape index (κ3) is 6.40. The number of nitrogens with one attached hydrogen (secondary N) is 2. The van der Waals surface area contributed by atoms with Crippen molar-refractivity contribution < 1.29 is 24.2 Å². The SMILES string of the molecule is CO[C@]1(C)CC[C@@H](n2cccc(Nc3cc(N(C)C(=O)OC(C)(C)C)n4ncc(C(=O)NC5CCC5O)c4c3)c2=O)CC1.